The van der Waals surface area contributed by atoms with E-state index in [0.29, 0.717) is 5.88 Å². The first-order chi connectivity index (χ1) is 9.67. The van der Waals surface area contributed by atoms with Crippen LogP contribution >= 0.6 is 11.6 Å². The molecule has 2 heterocycles. The Morgan fingerprint density at radius 2 is 2.05 bits per heavy atom. The largest absolute Gasteiger partial charge is 0.481 e. The molecule has 5 nitrogen and oxygen atoms in total. The molecule has 110 valence electrons. The minimum absolute atomic E-state index is 0.155. The number of alkyl halides is 1. The summed E-state index contributed by atoms with van der Waals surface area (Å²) in [6.07, 6.45) is 1.99. The Balaban J connectivity index is 2.33. The molecule has 0 aromatic carbocycles. The summed E-state index contributed by atoms with van der Waals surface area (Å²) >= 11 is 6.23. The lowest BCUT2D eigenvalue weighted by Crippen LogP contribution is -2.06. The van der Waals surface area contributed by atoms with Crippen molar-refractivity contribution in [1.29, 1.82) is 0 Å². The van der Waals surface area contributed by atoms with Crippen molar-refractivity contribution < 1.29 is 9.47 Å². The number of aryl methyl sites for hydroxylation is 1. The molecule has 0 spiro atoms. The van der Waals surface area contributed by atoms with E-state index >= 15 is 0 Å². The van der Waals surface area contributed by atoms with Gasteiger partial charge in [-0.2, -0.15) is 4.98 Å². The zero-order valence-corrected chi connectivity index (χ0v) is 12.9. The van der Waals surface area contributed by atoms with Gasteiger partial charge in [0.05, 0.1) is 12.5 Å². The SMILES string of the molecule is COCCCCn1c(C(C)Cl)nc2ccc(OC)nc21. The van der Waals surface area contributed by atoms with Gasteiger partial charge >= 0.3 is 0 Å². The molecule has 0 saturated heterocycles. The van der Waals surface area contributed by atoms with Crippen LogP contribution in [0.1, 0.15) is 31.0 Å². The van der Waals surface area contributed by atoms with Gasteiger partial charge < -0.3 is 14.0 Å². The summed E-state index contributed by atoms with van der Waals surface area (Å²) < 4.78 is 12.3. The molecule has 2 rings (SSSR count). The van der Waals surface area contributed by atoms with Gasteiger partial charge in [-0.25, -0.2) is 4.98 Å². The van der Waals surface area contributed by atoms with E-state index in [0.717, 1.165) is 43.0 Å². The number of hydrogen-bond donors (Lipinski definition) is 0. The van der Waals surface area contributed by atoms with Gasteiger partial charge in [0.2, 0.25) is 5.88 Å². The molecule has 20 heavy (non-hydrogen) atoms. The first-order valence-electron chi connectivity index (χ1n) is 6.71. The highest BCUT2D eigenvalue weighted by atomic mass is 35.5. The molecule has 0 N–H and O–H groups in total. The molecule has 0 bridgehead atoms. The molecule has 1 atom stereocenters. The van der Waals surface area contributed by atoms with Gasteiger partial charge in [-0.1, -0.05) is 0 Å². The third-order valence-electron chi connectivity index (χ3n) is 3.14. The van der Waals surface area contributed by atoms with Crippen LogP contribution < -0.4 is 4.74 Å². The van der Waals surface area contributed by atoms with Gasteiger partial charge in [-0.15, -0.1) is 11.6 Å². The van der Waals surface area contributed by atoms with Crippen LogP contribution in [0.15, 0.2) is 12.1 Å². The van der Waals surface area contributed by atoms with E-state index in [1.54, 1.807) is 14.2 Å². The van der Waals surface area contributed by atoms with Gasteiger partial charge in [0.25, 0.3) is 0 Å². The Kier molecular flexibility index (Phi) is 5.20. The van der Waals surface area contributed by atoms with Crippen molar-refractivity contribution in [1.82, 2.24) is 14.5 Å². The molecule has 0 aliphatic rings. The molecule has 0 fully saturated rings. The average molecular weight is 298 g/mol. The van der Waals surface area contributed by atoms with Crippen LogP contribution in [0.25, 0.3) is 11.2 Å². The lowest BCUT2D eigenvalue weighted by Gasteiger charge is -2.10. The summed E-state index contributed by atoms with van der Waals surface area (Å²) in [7, 11) is 3.32. The predicted molar refractivity (Wildman–Crippen MR) is 79.5 cm³/mol. The topological polar surface area (TPSA) is 49.2 Å². The number of fused-ring (bicyclic) bond motifs is 1. The number of imidazole rings is 1. The quantitative estimate of drug-likeness (QED) is 0.582. The predicted octanol–water partition coefficient (Wildman–Crippen LogP) is 3.17. The van der Waals surface area contributed by atoms with Crippen molar-refractivity contribution in [2.24, 2.45) is 0 Å². The van der Waals surface area contributed by atoms with Crippen molar-refractivity contribution in [3.05, 3.63) is 18.0 Å². The zero-order chi connectivity index (χ0) is 14.5. The van der Waals surface area contributed by atoms with Gasteiger partial charge in [0.1, 0.15) is 11.3 Å². The summed E-state index contributed by atoms with van der Waals surface area (Å²) in [5.74, 6) is 1.43. The molecule has 0 radical (unpaired) electrons. The number of halogens is 1. The van der Waals surface area contributed by atoms with E-state index in [-0.39, 0.29) is 5.38 Å². The normalized spacial score (nSPS) is 12.8. The Hall–Kier alpha value is -1.33. The van der Waals surface area contributed by atoms with Gasteiger partial charge in [-0.05, 0) is 25.8 Å². The second-order valence-corrected chi connectivity index (χ2v) is 5.29. The summed E-state index contributed by atoms with van der Waals surface area (Å²) in [5.41, 5.74) is 1.67. The van der Waals surface area contributed by atoms with Crippen molar-refractivity contribution in [3.63, 3.8) is 0 Å². The fourth-order valence-electron chi connectivity index (χ4n) is 2.16. The number of hydrogen-bond acceptors (Lipinski definition) is 4. The monoisotopic (exact) mass is 297 g/mol. The molecule has 2 aromatic rings. The van der Waals surface area contributed by atoms with Crippen LogP contribution in [0.5, 0.6) is 5.88 Å². The Morgan fingerprint density at radius 3 is 2.70 bits per heavy atom. The van der Waals surface area contributed by atoms with E-state index in [9.17, 15) is 0 Å². The van der Waals surface area contributed by atoms with E-state index < -0.39 is 0 Å². The van der Waals surface area contributed by atoms with Crippen LogP contribution in [-0.4, -0.2) is 35.4 Å². The maximum atomic E-state index is 6.23. The Labute approximate surface area is 123 Å². The first kappa shape index (κ1) is 15.1. The van der Waals surface area contributed by atoms with Crippen LogP contribution in [-0.2, 0) is 11.3 Å². The minimum Gasteiger partial charge on any atom is -0.481 e. The molecule has 2 aromatic heterocycles. The van der Waals surface area contributed by atoms with Crippen molar-refractivity contribution in [2.75, 3.05) is 20.8 Å². The summed E-state index contributed by atoms with van der Waals surface area (Å²) in [4.78, 5) is 9.05. The van der Waals surface area contributed by atoms with Crippen LogP contribution in [0.2, 0.25) is 0 Å². The molecular formula is C14H20ClN3O2. The molecule has 0 aliphatic heterocycles. The number of aromatic nitrogens is 3. The Bertz CT molecular complexity index is 569. The third-order valence-corrected chi connectivity index (χ3v) is 3.34. The van der Waals surface area contributed by atoms with Crippen molar-refractivity contribution in [3.8, 4) is 5.88 Å². The maximum absolute atomic E-state index is 6.23. The van der Waals surface area contributed by atoms with Gasteiger partial charge in [0.15, 0.2) is 5.65 Å². The van der Waals surface area contributed by atoms with Crippen LogP contribution in [0, 0.1) is 0 Å². The summed E-state index contributed by atoms with van der Waals surface area (Å²) in [5, 5.41) is -0.155. The smallest absolute Gasteiger partial charge is 0.215 e. The molecular weight excluding hydrogens is 278 g/mol. The fraction of sp³-hybridized carbons (Fsp3) is 0.571. The molecule has 6 heteroatoms. The third kappa shape index (κ3) is 3.22. The lowest BCUT2D eigenvalue weighted by atomic mass is 10.3. The van der Waals surface area contributed by atoms with Crippen molar-refractivity contribution in [2.45, 2.75) is 31.7 Å². The molecule has 0 aliphatic carbocycles. The standard InChI is InChI=1S/C14H20ClN3O2/c1-10(15)13-16-11-6-7-12(20-3)17-14(11)18(13)8-4-5-9-19-2/h6-7,10H,4-5,8-9H2,1-3H3. The second kappa shape index (κ2) is 6.90. The summed E-state index contributed by atoms with van der Waals surface area (Å²) in [6, 6.07) is 3.73. The number of rotatable bonds is 7. The summed E-state index contributed by atoms with van der Waals surface area (Å²) in [6.45, 7) is 3.51. The molecule has 1 unspecified atom stereocenters. The number of methoxy groups -OCH3 is 2. The number of nitrogens with zero attached hydrogens (tertiary/aromatic N) is 3. The number of unbranched alkanes of at least 4 members (excludes halogenated alkanes) is 1. The highest BCUT2D eigenvalue weighted by Crippen LogP contribution is 2.25. The Morgan fingerprint density at radius 1 is 1.25 bits per heavy atom. The van der Waals surface area contributed by atoms with E-state index in [1.807, 2.05) is 19.1 Å². The highest BCUT2D eigenvalue weighted by Gasteiger charge is 2.16. The van der Waals surface area contributed by atoms with E-state index in [4.69, 9.17) is 21.1 Å². The van der Waals surface area contributed by atoms with Crippen LogP contribution in [0.4, 0.5) is 0 Å². The van der Waals surface area contributed by atoms with E-state index in [1.165, 1.54) is 0 Å². The first-order valence-corrected chi connectivity index (χ1v) is 7.15. The molecule has 0 saturated carbocycles. The van der Waals surface area contributed by atoms with Gasteiger partial charge in [0, 0.05) is 26.3 Å². The molecule has 0 amide bonds. The lowest BCUT2D eigenvalue weighted by molar-refractivity contribution is 0.191. The van der Waals surface area contributed by atoms with Crippen molar-refractivity contribution >= 4 is 22.8 Å². The fourth-order valence-corrected chi connectivity index (χ4v) is 2.32. The number of ether oxygens (including phenoxy) is 2. The minimum atomic E-state index is -0.155. The van der Waals surface area contributed by atoms with Gasteiger partial charge in [-0.3, -0.25) is 0 Å². The zero-order valence-electron chi connectivity index (χ0n) is 12.1. The second-order valence-electron chi connectivity index (χ2n) is 4.63. The maximum Gasteiger partial charge on any atom is 0.215 e. The van der Waals surface area contributed by atoms with Crippen LogP contribution in [0.3, 0.4) is 0 Å². The average Bonchev–Trinajstić information content (AvgIpc) is 2.81. The number of pyridine rings is 1. The highest BCUT2D eigenvalue weighted by molar-refractivity contribution is 6.20. The van der Waals surface area contributed by atoms with E-state index in [2.05, 4.69) is 14.5 Å².